The number of aliphatic hydroxyl groups is 1. The first kappa shape index (κ1) is 8.44. The number of hydrogen-bond acceptors (Lipinski definition) is 4. The average Bonchev–Trinajstić information content (AvgIpc) is 2.58. The first-order valence-electron chi connectivity index (χ1n) is 4.35. The fourth-order valence-electron chi connectivity index (χ4n) is 1.80. The molecule has 0 spiro atoms. The van der Waals surface area contributed by atoms with E-state index in [1.54, 1.807) is 0 Å². The lowest BCUT2D eigenvalue weighted by Gasteiger charge is -2.14. The molecule has 2 aliphatic rings. The van der Waals surface area contributed by atoms with Crippen LogP contribution in [-0.2, 0) is 14.2 Å². The van der Waals surface area contributed by atoms with Crippen molar-refractivity contribution >= 4 is 0 Å². The number of ether oxygens (including phenoxy) is 3. The second-order valence-electron chi connectivity index (χ2n) is 3.16. The summed E-state index contributed by atoms with van der Waals surface area (Å²) in [5.41, 5.74) is 0. The van der Waals surface area contributed by atoms with Gasteiger partial charge >= 0.3 is 0 Å². The fraction of sp³-hybridized carbons (Fsp3) is 1.00. The van der Waals surface area contributed by atoms with Crippen molar-refractivity contribution in [1.29, 1.82) is 0 Å². The van der Waals surface area contributed by atoms with E-state index in [9.17, 15) is 5.11 Å². The lowest BCUT2D eigenvalue weighted by atomic mass is 10.1. The molecule has 0 bridgehead atoms. The van der Waals surface area contributed by atoms with Gasteiger partial charge in [-0.15, -0.1) is 0 Å². The van der Waals surface area contributed by atoms with Gasteiger partial charge in [0.15, 0.2) is 0 Å². The van der Waals surface area contributed by atoms with Crippen molar-refractivity contribution in [3.8, 4) is 0 Å². The monoisotopic (exact) mass is 174 g/mol. The van der Waals surface area contributed by atoms with Gasteiger partial charge in [0, 0.05) is 6.61 Å². The summed E-state index contributed by atoms with van der Waals surface area (Å²) in [6, 6.07) is 0. The number of fused-ring (bicyclic) bond motifs is 1. The van der Waals surface area contributed by atoms with Crippen molar-refractivity contribution in [1.82, 2.24) is 0 Å². The standard InChI is InChI=1S/C8H14O4/c1-2-10-6-4-12-7-5(9)3-11-8(6)7/h5-9H,2-4H2,1H3/t5-,6-,7-,8-/m1/s1. The quantitative estimate of drug-likeness (QED) is 0.616. The molecular formula is C8H14O4. The van der Waals surface area contributed by atoms with Crippen molar-refractivity contribution < 1.29 is 19.3 Å². The van der Waals surface area contributed by atoms with Crippen LogP contribution in [0.4, 0.5) is 0 Å². The van der Waals surface area contributed by atoms with E-state index in [0.29, 0.717) is 19.8 Å². The molecule has 0 saturated carbocycles. The minimum atomic E-state index is -0.472. The average molecular weight is 174 g/mol. The minimum absolute atomic E-state index is 0.0112. The van der Waals surface area contributed by atoms with E-state index in [2.05, 4.69) is 0 Å². The molecule has 4 nitrogen and oxygen atoms in total. The van der Waals surface area contributed by atoms with Crippen molar-refractivity contribution in [2.45, 2.75) is 31.3 Å². The van der Waals surface area contributed by atoms with Crippen LogP contribution < -0.4 is 0 Å². The molecule has 0 aromatic rings. The molecule has 2 aliphatic heterocycles. The van der Waals surface area contributed by atoms with E-state index in [0.717, 1.165) is 0 Å². The van der Waals surface area contributed by atoms with Crippen molar-refractivity contribution in [3.05, 3.63) is 0 Å². The van der Waals surface area contributed by atoms with Gasteiger partial charge in [-0.3, -0.25) is 0 Å². The maximum Gasteiger partial charge on any atom is 0.115 e. The van der Waals surface area contributed by atoms with E-state index in [1.165, 1.54) is 0 Å². The molecule has 2 fully saturated rings. The highest BCUT2D eigenvalue weighted by Gasteiger charge is 2.47. The van der Waals surface area contributed by atoms with Crippen LogP contribution in [0.5, 0.6) is 0 Å². The van der Waals surface area contributed by atoms with Gasteiger partial charge in [0.2, 0.25) is 0 Å². The van der Waals surface area contributed by atoms with E-state index in [-0.39, 0.29) is 18.3 Å². The van der Waals surface area contributed by atoms with Crippen LogP contribution in [0.3, 0.4) is 0 Å². The third-order valence-corrected chi connectivity index (χ3v) is 2.36. The summed E-state index contributed by atoms with van der Waals surface area (Å²) in [6.45, 7) is 3.52. The molecule has 0 aliphatic carbocycles. The molecule has 4 heteroatoms. The summed E-state index contributed by atoms with van der Waals surface area (Å²) >= 11 is 0. The van der Waals surface area contributed by atoms with E-state index in [4.69, 9.17) is 14.2 Å². The van der Waals surface area contributed by atoms with Crippen LogP contribution in [0.15, 0.2) is 0 Å². The molecule has 0 radical (unpaired) electrons. The zero-order valence-corrected chi connectivity index (χ0v) is 7.10. The Morgan fingerprint density at radius 3 is 2.83 bits per heavy atom. The largest absolute Gasteiger partial charge is 0.388 e. The fourth-order valence-corrected chi connectivity index (χ4v) is 1.80. The predicted octanol–water partition coefficient (Wildman–Crippen LogP) is -0.450. The second kappa shape index (κ2) is 3.30. The summed E-state index contributed by atoms with van der Waals surface area (Å²) < 4.78 is 16.1. The highest BCUT2D eigenvalue weighted by atomic mass is 16.6. The lowest BCUT2D eigenvalue weighted by Crippen LogP contribution is -2.32. The Balaban J connectivity index is 1.96. The SMILES string of the molecule is CCO[C@@H]1CO[C@H]2[C@@H]1OC[C@H]2O. The van der Waals surface area contributed by atoms with E-state index < -0.39 is 6.10 Å². The van der Waals surface area contributed by atoms with Crippen LogP contribution >= 0.6 is 0 Å². The van der Waals surface area contributed by atoms with Gasteiger partial charge in [-0.2, -0.15) is 0 Å². The third-order valence-electron chi connectivity index (χ3n) is 2.36. The van der Waals surface area contributed by atoms with Crippen LogP contribution in [0, 0.1) is 0 Å². The maximum absolute atomic E-state index is 9.38. The number of hydrogen-bond donors (Lipinski definition) is 1. The van der Waals surface area contributed by atoms with Gasteiger partial charge in [0.05, 0.1) is 13.2 Å². The highest BCUT2D eigenvalue weighted by Crippen LogP contribution is 2.28. The molecule has 2 heterocycles. The molecule has 1 N–H and O–H groups in total. The second-order valence-corrected chi connectivity index (χ2v) is 3.16. The van der Waals surface area contributed by atoms with Gasteiger partial charge in [0.1, 0.15) is 24.4 Å². The summed E-state index contributed by atoms with van der Waals surface area (Å²) in [7, 11) is 0. The van der Waals surface area contributed by atoms with Gasteiger partial charge in [0.25, 0.3) is 0 Å². The molecule has 0 aromatic carbocycles. The summed E-state index contributed by atoms with van der Waals surface area (Å²) in [6.07, 6.45) is -0.681. The Bertz CT molecular complexity index is 161. The van der Waals surface area contributed by atoms with Crippen LogP contribution in [0.25, 0.3) is 0 Å². The highest BCUT2D eigenvalue weighted by molar-refractivity contribution is 4.94. The molecule has 2 rings (SSSR count). The zero-order chi connectivity index (χ0) is 8.55. The topological polar surface area (TPSA) is 47.9 Å². The van der Waals surface area contributed by atoms with E-state index >= 15 is 0 Å². The van der Waals surface area contributed by atoms with Crippen molar-refractivity contribution in [2.24, 2.45) is 0 Å². The molecule has 0 amide bonds. The van der Waals surface area contributed by atoms with Gasteiger partial charge in [-0.05, 0) is 6.92 Å². The van der Waals surface area contributed by atoms with Gasteiger partial charge in [-0.1, -0.05) is 0 Å². The van der Waals surface area contributed by atoms with Crippen LogP contribution in [0.2, 0.25) is 0 Å². The first-order chi connectivity index (χ1) is 5.83. The Hall–Kier alpha value is -0.160. The van der Waals surface area contributed by atoms with Crippen molar-refractivity contribution in [2.75, 3.05) is 19.8 Å². The van der Waals surface area contributed by atoms with Gasteiger partial charge < -0.3 is 19.3 Å². The molecule has 4 atom stereocenters. The van der Waals surface area contributed by atoms with Crippen LogP contribution in [0.1, 0.15) is 6.92 Å². The summed E-state index contributed by atoms with van der Waals surface area (Å²) in [4.78, 5) is 0. The Labute approximate surface area is 71.4 Å². The normalized spacial score (nSPS) is 46.5. The third kappa shape index (κ3) is 1.25. The maximum atomic E-state index is 9.38. The summed E-state index contributed by atoms with van der Waals surface area (Å²) in [5, 5.41) is 9.38. The summed E-state index contributed by atoms with van der Waals surface area (Å²) in [5.74, 6) is 0. The van der Waals surface area contributed by atoms with Gasteiger partial charge in [-0.25, -0.2) is 0 Å². The molecule has 0 unspecified atom stereocenters. The van der Waals surface area contributed by atoms with Crippen LogP contribution in [-0.4, -0.2) is 49.3 Å². The zero-order valence-electron chi connectivity index (χ0n) is 7.10. The smallest absolute Gasteiger partial charge is 0.115 e. The molecular weight excluding hydrogens is 160 g/mol. The molecule has 0 aromatic heterocycles. The molecule has 70 valence electrons. The lowest BCUT2D eigenvalue weighted by molar-refractivity contribution is -0.0327. The first-order valence-corrected chi connectivity index (χ1v) is 4.35. The Kier molecular flexibility index (Phi) is 2.32. The van der Waals surface area contributed by atoms with E-state index in [1.807, 2.05) is 6.92 Å². The minimum Gasteiger partial charge on any atom is -0.388 e. The number of rotatable bonds is 2. The Morgan fingerprint density at radius 2 is 2.08 bits per heavy atom. The Morgan fingerprint density at radius 1 is 1.33 bits per heavy atom. The van der Waals surface area contributed by atoms with Crippen molar-refractivity contribution in [3.63, 3.8) is 0 Å². The predicted molar refractivity (Wildman–Crippen MR) is 40.9 cm³/mol. The molecule has 2 saturated heterocycles. The molecule has 12 heavy (non-hydrogen) atoms. The number of aliphatic hydroxyl groups excluding tert-OH is 1.